The average Bonchev–Trinajstić information content (AvgIpc) is 2.73. The van der Waals surface area contributed by atoms with E-state index in [4.69, 9.17) is 11.6 Å². The minimum Gasteiger partial charge on any atom is -0.345 e. The van der Waals surface area contributed by atoms with E-state index < -0.39 is 10.0 Å². The van der Waals surface area contributed by atoms with E-state index in [0.29, 0.717) is 16.3 Å². The van der Waals surface area contributed by atoms with Gasteiger partial charge in [-0.3, -0.25) is 9.52 Å². The van der Waals surface area contributed by atoms with Crippen LogP contribution in [0.2, 0.25) is 5.02 Å². The predicted octanol–water partition coefficient (Wildman–Crippen LogP) is 5.33. The number of hydrogen-bond acceptors (Lipinski definition) is 3. The quantitative estimate of drug-likeness (QED) is 0.519. The average molecular weight is 443 g/mol. The summed E-state index contributed by atoms with van der Waals surface area (Å²) < 4.78 is 27.7. The molecule has 0 aliphatic rings. The van der Waals surface area contributed by atoms with Gasteiger partial charge in [0.25, 0.3) is 15.9 Å². The fourth-order valence-corrected chi connectivity index (χ4v) is 4.19. The van der Waals surface area contributed by atoms with E-state index >= 15 is 0 Å². The van der Waals surface area contributed by atoms with Crippen LogP contribution in [-0.2, 0) is 10.0 Å². The zero-order valence-corrected chi connectivity index (χ0v) is 18.3. The van der Waals surface area contributed by atoms with Crippen LogP contribution in [0.3, 0.4) is 0 Å². The molecule has 0 heterocycles. The Morgan fingerprint density at radius 3 is 2.30 bits per heavy atom. The van der Waals surface area contributed by atoms with Crippen molar-refractivity contribution in [3.63, 3.8) is 0 Å². The summed E-state index contributed by atoms with van der Waals surface area (Å²) in [6, 6.07) is 20.2. The minimum atomic E-state index is -3.79. The van der Waals surface area contributed by atoms with Crippen LogP contribution in [0.15, 0.2) is 77.7 Å². The lowest BCUT2D eigenvalue weighted by Crippen LogP contribution is -2.28. The van der Waals surface area contributed by atoms with Gasteiger partial charge in [-0.15, -0.1) is 0 Å². The highest BCUT2D eigenvalue weighted by Crippen LogP contribution is 2.21. The molecule has 3 rings (SSSR count). The van der Waals surface area contributed by atoms with Crippen molar-refractivity contribution < 1.29 is 13.2 Å². The van der Waals surface area contributed by atoms with Crippen LogP contribution >= 0.6 is 11.6 Å². The number of nitrogens with one attached hydrogen (secondary N) is 2. The van der Waals surface area contributed by atoms with Crippen molar-refractivity contribution in [2.24, 2.45) is 0 Å². The Morgan fingerprint density at radius 1 is 1.00 bits per heavy atom. The second-order valence-corrected chi connectivity index (χ2v) is 9.10. The summed E-state index contributed by atoms with van der Waals surface area (Å²) in [5.74, 6) is -0.269. The first kappa shape index (κ1) is 21.9. The number of sulfonamides is 1. The number of carbonyl (C=O) groups excluding carboxylic acids is 1. The van der Waals surface area contributed by atoms with Gasteiger partial charge in [0, 0.05) is 16.3 Å². The maximum absolute atomic E-state index is 12.8. The fraction of sp³-hybridized carbons (Fsp3) is 0.174. The molecule has 3 aromatic carbocycles. The third-order valence-electron chi connectivity index (χ3n) is 4.69. The molecular weight excluding hydrogens is 420 g/mol. The van der Waals surface area contributed by atoms with Crippen molar-refractivity contribution in [1.29, 1.82) is 0 Å². The van der Waals surface area contributed by atoms with Crippen molar-refractivity contribution in [2.45, 2.75) is 31.2 Å². The SMILES string of the molecule is CCC(NC(=O)c1cccc(NS(=O)(=O)c2ccc(Cl)cc2)c1)c1ccc(C)cc1. The van der Waals surface area contributed by atoms with Gasteiger partial charge in [-0.1, -0.05) is 54.4 Å². The highest BCUT2D eigenvalue weighted by atomic mass is 35.5. The molecule has 0 radical (unpaired) electrons. The molecular formula is C23H23ClN2O3S. The van der Waals surface area contributed by atoms with Gasteiger partial charge in [0.1, 0.15) is 0 Å². The zero-order valence-electron chi connectivity index (χ0n) is 16.7. The number of rotatable bonds is 7. The van der Waals surface area contributed by atoms with E-state index in [1.165, 1.54) is 30.3 Å². The molecule has 0 fully saturated rings. The normalized spacial score (nSPS) is 12.2. The number of carbonyl (C=O) groups is 1. The molecule has 156 valence electrons. The summed E-state index contributed by atoms with van der Waals surface area (Å²) in [6.45, 7) is 4.02. The zero-order chi connectivity index (χ0) is 21.7. The first-order valence-corrected chi connectivity index (χ1v) is 11.4. The van der Waals surface area contributed by atoms with Crippen LogP contribution in [0.5, 0.6) is 0 Å². The van der Waals surface area contributed by atoms with Crippen molar-refractivity contribution >= 4 is 33.2 Å². The van der Waals surface area contributed by atoms with Crippen molar-refractivity contribution in [1.82, 2.24) is 5.32 Å². The summed E-state index contributed by atoms with van der Waals surface area (Å²) >= 11 is 5.82. The van der Waals surface area contributed by atoms with E-state index in [1.54, 1.807) is 18.2 Å². The van der Waals surface area contributed by atoms with Crippen molar-refractivity contribution in [3.05, 3.63) is 94.5 Å². The summed E-state index contributed by atoms with van der Waals surface area (Å²) in [5.41, 5.74) is 2.86. The first-order valence-electron chi connectivity index (χ1n) is 9.54. The predicted molar refractivity (Wildman–Crippen MR) is 120 cm³/mol. The molecule has 1 unspecified atom stereocenters. The molecule has 0 aliphatic heterocycles. The lowest BCUT2D eigenvalue weighted by molar-refractivity contribution is 0.0935. The van der Waals surface area contributed by atoms with Gasteiger partial charge in [-0.2, -0.15) is 0 Å². The molecule has 3 aromatic rings. The van der Waals surface area contributed by atoms with E-state index in [2.05, 4.69) is 10.0 Å². The summed E-state index contributed by atoms with van der Waals surface area (Å²) in [5, 5.41) is 3.47. The van der Waals surface area contributed by atoms with Gasteiger partial charge in [0.2, 0.25) is 0 Å². The van der Waals surface area contributed by atoms with Crippen molar-refractivity contribution in [3.8, 4) is 0 Å². The molecule has 30 heavy (non-hydrogen) atoms. The van der Waals surface area contributed by atoms with Gasteiger partial charge in [-0.05, 0) is 61.4 Å². The van der Waals surface area contributed by atoms with Crippen LogP contribution in [0.25, 0.3) is 0 Å². The van der Waals surface area contributed by atoms with E-state index in [1.807, 2.05) is 38.1 Å². The third-order valence-corrected chi connectivity index (χ3v) is 6.34. The number of halogens is 1. The highest BCUT2D eigenvalue weighted by Gasteiger charge is 2.17. The molecule has 0 bridgehead atoms. The van der Waals surface area contributed by atoms with E-state index in [9.17, 15) is 13.2 Å². The lowest BCUT2D eigenvalue weighted by atomic mass is 10.0. The Labute approximate surface area is 182 Å². The molecule has 1 atom stereocenters. The number of aryl methyl sites for hydroxylation is 1. The number of amides is 1. The molecule has 1 amide bonds. The fourth-order valence-electron chi connectivity index (χ4n) is 3.01. The summed E-state index contributed by atoms with van der Waals surface area (Å²) in [4.78, 5) is 12.9. The third kappa shape index (κ3) is 5.40. The molecule has 0 saturated heterocycles. The standard InChI is InChI=1S/C23H23ClN2O3S/c1-3-22(17-9-7-16(2)8-10-17)25-23(27)18-5-4-6-20(15-18)26-30(28,29)21-13-11-19(24)12-14-21/h4-15,22,26H,3H2,1-2H3,(H,25,27). The van der Waals surface area contributed by atoms with Crippen LogP contribution in [0.1, 0.15) is 40.9 Å². The summed E-state index contributed by atoms with van der Waals surface area (Å²) in [7, 11) is -3.79. The van der Waals surface area contributed by atoms with E-state index in [0.717, 1.165) is 17.5 Å². The molecule has 0 aromatic heterocycles. The molecule has 7 heteroatoms. The van der Waals surface area contributed by atoms with Gasteiger partial charge in [0.15, 0.2) is 0 Å². The Bertz CT molecular complexity index is 1130. The van der Waals surface area contributed by atoms with Gasteiger partial charge in [0.05, 0.1) is 10.9 Å². The van der Waals surface area contributed by atoms with Crippen molar-refractivity contribution in [2.75, 3.05) is 4.72 Å². The largest absolute Gasteiger partial charge is 0.345 e. The Balaban J connectivity index is 1.76. The minimum absolute atomic E-state index is 0.0900. The Hall–Kier alpha value is -2.83. The molecule has 0 saturated carbocycles. The highest BCUT2D eigenvalue weighted by molar-refractivity contribution is 7.92. The van der Waals surface area contributed by atoms with E-state index in [-0.39, 0.29) is 16.8 Å². The number of benzene rings is 3. The molecule has 2 N–H and O–H groups in total. The molecule has 0 spiro atoms. The van der Waals surface area contributed by atoms with Gasteiger partial charge >= 0.3 is 0 Å². The van der Waals surface area contributed by atoms with Gasteiger partial charge in [-0.25, -0.2) is 8.42 Å². The first-order chi connectivity index (χ1) is 14.3. The van der Waals surface area contributed by atoms with Gasteiger partial charge < -0.3 is 5.32 Å². The lowest BCUT2D eigenvalue weighted by Gasteiger charge is -2.18. The Kier molecular flexibility index (Phi) is 6.80. The number of anilines is 1. The monoisotopic (exact) mass is 442 g/mol. The second-order valence-electron chi connectivity index (χ2n) is 6.99. The maximum atomic E-state index is 12.8. The van der Waals surface area contributed by atoms with Crippen LogP contribution < -0.4 is 10.0 Å². The van der Waals surface area contributed by atoms with Crippen LogP contribution in [0, 0.1) is 6.92 Å². The topological polar surface area (TPSA) is 75.3 Å². The molecule has 5 nitrogen and oxygen atoms in total. The molecule has 0 aliphatic carbocycles. The maximum Gasteiger partial charge on any atom is 0.261 e. The summed E-state index contributed by atoms with van der Waals surface area (Å²) in [6.07, 6.45) is 0.734. The number of hydrogen-bond donors (Lipinski definition) is 2. The van der Waals surface area contributed by atoms with Crippen LogP contribution in [-0.4, -0.2) is 14.3 Å². The second kappa shape index (κ2) is 9.32. The smallest absolute Gasteiger partial charge is 0.261 e. The Morgan fingerprint density at radius 2 is 1.67 bits per heavy atom. The van der Waals surface area contributed by atoms with Crippen LogP contribution in [0.4, 0.5) is 5.69 Å².